The molecule has 0 amide bonds. The summed E-state index contributed by atoms with van der Waals surface area (Å²) in [5.74, 6) is 0.615. The summed E-state index contributed by atoms with van der Waals surface area (Å²) < 4.78 is 0. The van der Waals surface area contributed by atoms with Crippen molar-refractivity contribution in [3.05, 3.63) is 0 Å². The van der Waals surface area contributed by atoms with Crippen LogP contribution < -0.4 is 11.1 Å². The summed E-state index contributed by atoms with van der Waals surface area (Å²) >= 11 is 0. The molecule has 3 N–H and O–H groups in total. The van der Waals surface area contributed by atoms with Gasteiger partial charge in [0.15, 0.2) is 0 Å². The molecule has 0 bridgehead atoms. The highest BCUT2D eigenvalue weighted by molar-refractivity contribution is 5.56. The molecule has 1 unspecified atom stereocenters. The number of carbonyl (C=O) groups is 1. The number of hydrogen-bond donors (Lipinski definition) is 2. The predicted octanol–water partition coefficient (Wildman–Crippen LogP) is -0.0977. The number of aldehydes is 1. The topological polar surface area (TPSA) is 55.1 Å². The van der Waals surface area contributed by atoms with E-state index in [-0.39, 0.29) is 6.04 Å². The van der Waals surface area contributed by atoms with Crippen molar-refractivity contribution in [3.63, 3.8) is 0 Å². The minimum absolute atomic E-state index is 0.250. The first-order chi connectivity index (χ1) is 5.33. The summed E-state index contributed by atoms with van der Waals surface area (Å²) in [7, 11) is 0. The maximum Gasteiger partial charge on any atom is 0.136 e. The van der Waals surface area contributed by atoms with Crippen molar-refractivity contribution in [1.29, 1.82) is 0 Å². The molecule has 3 heteroatoms. The summed E-state index contributed by atoms with van der Waals surface area (Å²) in [6.45, 7) is 2.15. The van der Waals surface area contributed by atoms with Crippen LogP contribution in [0.1, 0.15) is 19.3 Å². The van der Waals surface area contributed by atoms with Crippen LogP contribution in [0.25, 0.3) is 0 Å². The Labute approximate surface area is 67.3 Å². The van der Waals surface area contributed by atoms with E-state index in [1.54, 1.807) is 0 Å². The third-order valence-corrected chi connectivity index (χ3v) is 2.18. The molecule has 0 radical (unpaired) electrons. The molecule has 1 aliphatic heterocycles. The molecule has 3 nitrogen and oxygen atoms in total. The van der Waals surface area contributed by atoms with Crippen LogP contribution in [0.15, 0.2) is 0 Å². The lowest BCUT2D eigenvalue weighted by Gasteiger charge is -2.23. The lowest BCUT2D eigenvalue weighted by atomic mass is 9.93. The van der Waals surface area contributed by atoms with E-state index in [9.17, 15) is 4.79 Å². The second-order valence-corrected chi connectivity index (χ2v) is 3.25. The zero-order valence-corrected chi connectivity index (χ0v) is 6.75. The fourth-order valence-electron chi connectivity index (χ4n) is 1.57. The van der Waals surface area contributed by atoms with E-state index in [0.717, 1.165) is 25.8 Å². The van der Waals surface area contributed by atoms with Crippen LogP contribution in [0, 0.1) is 5.92 Å². The Morgan fingerprint density at radius 2 is 2.55 bits per heavy atom. The van der Waals surface area contributed by atoms with Crippen molar-refractivity contribution >= 4 is 6.29 Å². The smallest absolute Gasteiger partial charge is 0.136 e. The summed E-state index contributed by atoms with van der Waals surface area (Å²) in [4.78, 5) is 10.2. The molecule has 1 fully saturated rings. The molecule has 0 spiro atoms. The molecule has 2 atom stereocenters. The summed E-state index contributed by atoms with van der Waals surface area (Å²) in [6, 6.07) is -0.250. The van der Waals surface area contributed by atoms with E-state index < -0.39 is 0 Å². The molecular formula is C8H16N2O. The molecule has 11 heavy (non-hydrogen) atoms. The standard InChI is InChI=1S/C8H16N2O/c9-8(6-11)4-7-2-1-3-10-5-7/h6-8,10H,1-5,9H2/t7?,8-/m0/s1. The highest BCUT2D eigenvalue weighted by atomic mass is 16.1. The van der Waals surface area contributed by atoms with Gasteiger partial charge in [0.05, 0.1) is 6.04 Å². The monoisotopic (exact) mass is 156 g/mol. The molecule has 0 aromatic carbocycles. The molecule has 1 saturated heterocycles. The number of nitrogens with one attached hydrogen (secondary N) is 1. The van der Waals surface area contributed by atoms with Gasteiger partial charge in [0.25, 0.3) is 0 Å². The minimum Gasteiger partial charge on any atom is -0.322 e. The molecular weight excluding hydrogens is 140 g/mol. The third-order valence-electron chi connectivity index (χ3n) is 2.18. The first kappa shape index (κ1) is 8.68. The van der Waals surface area contributed by atoms with Crippen LogP contribution in [-0.4, -0.2) is 25.4 Å². The first-order valence-corrected chi connectivity index (χ1v) is 4.24. The van der Waals surface area contributed by atoms with Crippen molar-refractivity contribution < 1.29 is 4.79 Å². The Morgan fingerprint density at radius 3 is 3.09 bits per heavy atom. The second-order valence-electron chi connectivity index (χ2n) is 3.25. The van der Waals surface area contributed by atoms with Gasteiger partial charge in [-0.25, -0.2) is 0 Å². The van der Waals surface area contributed by atoms with Crippen LogP contribution in [0.5, 0.6) is 0 Å². The van der Waals surface area contributed by atoms with Crippen molar-refractivity contribution in [1.82, 2.24) is 5.32 Å². The van der Waals surface area contributed by atoms with E-state index in [2.05, 4.69) is 5.32 Å². The SMILES string of the molecule is N[C@H](C=O)CC1CCCNC1. The van der Waals surface area contributed by atoms with Gasteiger partial charge in [0.2, 0.25) is 0 Å². The fourth-order valence-corrected chi connectivity index (χ4v) is 1.57. The summed E-state index contributed by atoms with van der Waals surface area (Å²) in [5.41, 5.74) is 5.51. The van der Waals surface area contributed by atoms with Gasteiger partial charge in [-0.15, -0.1) is 0 Å². The van der Waals surface area contributed by atoms with E-state index in [0.29, 0.717) is 5.92 Å². The van der Waals surface area contributed by atoms with Crippen molar-refractivity contribution in [2.45, 2.75) is 25.3 Å². The number of nitrogens with two attached hydrogens (primary N) is 1. The maximum atomic E-state index is 10.2. The van der Waals surface area contributed by atoms with Crippen molar-refractivity contribution in [2.75, 3.05) is 13.1 Å². The van der Waals surface area contributed by atoms with Gasteiger partial charge in [-0.05, 0) is 38.3 Å². The van der Waals surface area contributed by atoms with Crippen LogP contribution in [-0.2, 0) is 4.79 Å². The van der Waals surface area contributed by atoms with E-state index in [1.165, 1.54) is 12.8 Å². The summed E-state index contributed by atoms with van der Waals surface area (Å²) in [6.07, 6.45) is 4.12. The van der Waals surface area contributed by atoms with Gasteiger partial charge >= 0.3 is 0 Å². The largest absolute Gasteiger partial charge is 0.322 e. The zero-order chi connectivity index (χ0) is 8.10. The minimum atomic E-state index is -0.250. The van der Waals surface area contributed by atoms with Crippen LogP contribution in [0.3, 0.4) is 0 Å². The number of piperidine rings is 1. The van der Waals surface area contributed by atoms with Gasteiger partial charge in [0, 0.05) is 0 Å². The van der Waals surface area contributed by atoms with Crippen molar-refractivity contribution in [3.8, 4) is 0 Å². The Balaban J connectivity index is 2.18. The average molecular weight is 156 g/mol. The Morgan fingerprint density at radius 1 is 1.73 bits per heavy atom. The Kier molecular flexibility index (Phi) is 3.52. The normalized spacial score (nSPS) is 27.9. The molecule has 0 aliphatic carbocycles. The lowest BCUT2D eigenvalue weighted by molar-refractivity contribution is -0.109. The first-order valence-electron chi connectivity index (χ1n) is 4.24. The third kappa shape index (κ3) is 2.99. The van der Waals surface area contributed by atoms with Crippen LogP contribution >= 0.6 is 0 Å². The van der Waals surface area contributed by atoms with E-state index in [1.807, 2.05) is 0 Å². The van der Waals surface area contributed by atoms with Gasteiger partial charge in [-0.3, -0.25) is 0 Å². The quantitative estimate of drug-likeness (QED) is 0.561. The maximum absolute atomic E-state index is 10.2. The van der Waals surface area contributed by atoms with Gasteiger partial charge in [-0.1, -0.05) is 0 Å². The molecule has 1 aliphatic rings. The zero-order valence-electron chi connectivity index (χ0n) is 6.75. The molecule has 1 rings (SSSR count). The number of rotatable bonds is 3. The average Bonchev–Trinajstić information content (AvgIpc) is 2.06. The highest BCUT2D eigenvalue weighted by Gasteiger charge is 2.15. The highest BCUT2D eigenvalue weighted by Crippen LogP contribution is 2.14. The predicted molar refractivity (Wildman–Crippen MR) is 44.3 cm³/mol. The number of hydrogen-bond acceptors (Lipinski definition) is 3. The van der Waals surface area contributed by atoms with Crippen LogP contribution in [0.4, 0.5) is 0 Å². The summed E-state index contributed by atoms with van der Waals surface area (Å²) in [5, 5.41) is 3.29. The lowest BCUT2D eigenvalue weighted by Crippen LogP contribution is -2.34. The van der Waals surface area contributed by atoms with Gasteiger partial charge < -0.3 is 15.8 Å². The molecule has 0 saturated carbocycles. The second kappa shape index (κ2) is 4.46. The molecule has 0 aromatic rings. The molecule has 0 aromatic heterocycles. The Hall–Kier alpha value is -0.410. The van der Waals surface area contributed by atoms with E-state index >= 15 is 0 Å². The van der Waals surface area contributed by atoms with Gasteiger partial charge in [-0.2, -0.15) is 0 Å². The van der Waals surface area contributed by atoms with E-state index in [4.69, 9.17) is 5.73 Å². The molecule has 64 valence electrons. The molecule has 1 heterocycles. The van der Waals surface area contributed by atoms with Crippen LogP contribution in [0.2, 0.25) is 0 Å². The number of carbonyl (C=O) groups excluding carboxylic acids is 1. The van der Waals surface area contributed by atoms with Gasteiger partial charge in [0.1, 0.15) is 6.29 Å². The van der Waals surface area contributed by atoms with Crippen molar-refractivity contribution in [2.24, 2.45) is 11.7 Å². The fraction of sp³-hybridized carbons (Fsp3) is 0.875. The Bertz CT molecular complexity index is 121.